The van der Waals surface area contributed by atoms with Gasteiger partial charge in [-0.15, -0.1) is 0 Å². The zero-order valence-electron chi connectivity index (χ0n) is 24.6. The van der Waals surface area contributed by atoms with Crippen LogP contribution in [0.2, 0.25) is 0 Å². The van der Waals surface area contributed by atoms with Crippen molar-refractivity contribution in [3.05, 3.63) is 152 Å². The molecule has 5 aromatic heterocycles. The van der Waals surface area contributed by atoms with Gasteiger partial charge in [0.15, 0.2) is 17.5 Å². The van der Waals surface area contributed by atoms with Crippen LogP contribution in [0.3, 0.4) is 0 Å². The Kier molecular flexibility index (Phi) is 7.01. The number of pyridine rings is 4. The van der Waals surface area contributed by atoms with E-state index in [0.717, 1.165) is 33.9 Å². The van der Waals surface area contributed by atoms with Gasteiger partial charge in [0, 0.05) is 18.0 Å². The Bertz CT molecular complexity index is 2200. The number of hydrogen-bond donors (Lipinski definition) is 0. The Labute approximate surface area is 265 Å². The third-order valence-corrected chi connectivity index (χ3v) is 7.69. The monoisotopic (exact) mass is 591 g/mol. The van der Waals surface area contributed by atoms with Crippen LogP contribution in [0.15, 0.2) is 152 Å². The lowest BCUT2D eigenvalue weighted by atomic mass is 9.97. The van der Waals surface area contributed by atoms with E-state index in [9.17, 15) is 0 Å². The van der Waals surface area contributed by atoms with Crippen molar-refractivity contribution < 1.29 is 0 Å². The van der Waals surface area contributed by atoms with Gasteiger partial charge >= 0.3 is 0 Å². The largest absolute Gasteiger partial charge is 0.255 e. The topological polar surface area (TPSA) is 90.2 Å². The average molecular weight is 592 g/mol. The minimum atomic E-state index is 0.445. The zero-order valence-corrected chi connectivity index (χ0v) is 24.6. The minimum Gasteiger partial charge on any atom is -0.255 e. The molecule has 0 spiro atoms. The Morgan fingerprint density at radius 1 is 0.304 bits per heavy atom. The molecule has 0 saturated heterocycles. The number of hydrogen-bond acceptors (Lipinski definition) is 7. The summed E-state index contributed by atoms with van der Waals surface area (Å²) in [7, 11) is 0. The molecule has 8 rings (SSSR count). The number of rotatable bonds is 6. The number of aromatic nitrogens is 7. The Balaban J connectivity index is 1.25. The lowest BCUT2D eigenvalue weighted by Gasteiger charge is -2.10. The third kappa shape index (κ3) is 5.37. The van der Waals surface area contributed by atoms with Gasteiger partial charge in [-0.25, -0.2) is 24.9 Å². The second kappa shape index (κ2) is 11.9. The molecule has 3 aromatic carbocycles. The van der Waals surface area contributed by atoms with E-state index in [1.807, 2.05) is 72.8 Å². The van der Waals surface area contributed by atoms with E-state index in [2.05, 4.69) is 76.7 Å². The van der Waals surface area contributed by atoms with E-state index in [0.29, 0.717) is 28.9 Å². The minimum absolute atomic E-state index is 0.445. The third-order valence-electron chi connectivity index (χ3n) is 7.69. The van der Waals surface area contributed by atoms with E-state index < -0.39 is 0 Å². The van der Waals surface area contributed by atoms with Crippen LogP contribution in [0.5, 0.6) is 0 Å². The maximum atomic E-state index is 4.92. The Morgan fingerprint density at radius 2 is 0.783 bits per heavy atom. The normalized spacial score (nSPS) is 11.0. The summed E-state index contributed by atoms with van der Waals surface area (Å²) >= 11 is 0. The second-order valence-corrected chi connectivity index (χ2v) is 10.7. The second-order valence-electron chi connectivity index (χ2n) is 10.7. The van der Waals surface area contributed by atoms with Crippen LogP contribution in [0.1, 0.15) is 0 Å². The molecule has 0 saturated carbocycles. The molecule has 0 atom stereocenters. The summed E-state index contributed by atoms with van der Waals surface area (Å²) in [4.78, 5) is 33.4. The zero-order chi connectivity index (χ0) is 30.7. The number of benzene rings is 3. The summed E-state index contributed by atoms with van der Waals surface area (Å²) in [6.45, 7) is 0. The van der Waals surface area contributed by atoms with E-state index in [1.165, 1.54) is 16.3 Å². The summed E-state index contributed by atoms with van der Waals surface area (Å²) in [5.41, 5.74) is 7.38. The van der Waals surface area contributed by atoms with Crippen LogP contribution in [0, 0.1) is 0 Å². The van der Waals surface area contributed by atoms with Gasteiger partial charge in [-0.05, 0) is 70.4 Å². The van der Waals surface area contributed by atoms with Crippen LogP contribution in [0.4, 0.5) is 0 Å². The van der Waals surface area contributed by atoms with Crippen LogP contribution in [0.25, 0.3) is 79.1 Å². The summed E-state index contributed by atoms with van der Waals surface area (Å²) < 4.78 is 0. The molecule has 8 aromatic rings. The molecule has 46 heavy (non-hydrogen) atoms. The van der Waals surface area contributed by atoms with Gasteiger partial charge in [-0.2, -0.15) is 0 Å². The lowest BCUT2D eigenvalue weighted by Crippen LogP contribution is -2.03. The van der Waals surface area contributed by atoms with Gasteiger partial charge < -0.3 is 0 Å². The van der Waals surface area contributed by atoms with Gasteiger partial charge in [0.25, 0.3) is 0 Å². The Morgan fingerprint density at radius 3 is 1.39 bits per heavy atom. The highest BCUT2D eigenvalue weighted by Crippen LogP contribution is 2.31. The van der Waals surface area contributed by atoms with Crippen LogP contribution >= 0.6 is 0 Å². The van der Waals surface area contributed by atoms with E-state index in [1.54, 1.807) is 12.4 Å². The van der Waals surface area contributed by atoms with Gasteiger partial charge in [0.1, 0.15) is 11.4 Å². The van der Waals surface area contributed by atoms with Crippen molar-refractivity contribution in [1.29, 1.82) is 0 Å². The standard InChI is InChI=1S/C39H25N7/c1-2-12-29-26(10-1)11-7-13-30(29)27-20-22-28(23-21-27)37-44-38(35-18-8-16-33(42-35)31-14-3-5-24-40-31)46-39(45-37)36-19-9-17-34(43-36)32-15-4-6-25-41-32/h1-25H. The van der Waals surface area contributed by atoms with E-state index in [4.69, 9.17) is 24.9 Å². The predicted octanol–water partition coefficient (Wildman–Crippen LogP) is 8.61. The average Bonchev–Trinajstić information content (AvgIpc) is 3.15. The first-order chi connectivity index (χ1) is 22.8. The molecule has 0 aliphatic carbocycles. The van der Waals surface area contributed by atoms with Gasteiger partial charge in [0.2, 0.25) is 0 Å². The van der Waals surface area contributed by atoms with E-state index in [-0.39, 0.29) is 0 Å². The molecule has 0 radical (unpaired) electrons. The molecular weight excluding hydrogens is 566 g/mol. The summed E-state index contributed by atoms with van der Waals surface area (Å²) in [5.74, 6) is 1.42. The molecule has 7 heteroatoms. The molecule has 0 fully saturated rings. The fourth-order valence-corrected chi connectivity index (χ4v) is 5.44. The SMILES string of the molecule is c1ccc(-c2cccc(-c3nc(-c4ccc(-c5cccc6ccccc56)cc4)nc(-c4cccc(-c5ccccn5)n4)n3)n2)nc1. The molecule has 0 aliphatic rings. The van der Waals surface area contributed by atoms with Crippen molar-refractivity contribution >= 4 is 10.8 Å². The molecule has 5 heterocycles. The first-order valence-corrected chi connectivity index (χ1v) is 14.9. The van der Waals surface area contributed by atoms with Crippen LogP contribution < -0.4 is 0 Å². The molecule has 7 nitrogen and oxygen atoms in total. The first-order valence-electron chi connectivity index (χ1n) is 14.9. The lowest BCUT2D eigenvalue weighted by molar-refractivity contribution is 1.04. The fraction of sp³-hybridized carbons (Fsp3) is 0. The van der Waals surface area contributed by atoms with Crippen molar-refractivity contribution in [2.24, 2.45) is 0 Å². The smallest absolute Gasteiger partial charge is 0.182 e. The van der Waals surface area contributed by atoms with Crippen LogP contribution in [-0.2, 0) is 0 Å². The molecule has 0 amide bonds. The maximum Gasteiger partial charge on any atom is 0.182 e. The molecule has 0 bridgehead atoms. The van der Waals surface area contributed by atoms with Crippen molar-refractivity contribution in [1.82, 2.24) is 34.9 Å². The number of fused-ring (bicyclic) bond motifs is 1. The quantitative estimate of drug-likeness (QED) is 0.191. The van der Waals surface area contributed by atoms with Crippen LogP contribution in [-0.4, -0.2) is 34.9 Å². The Hall–Kier alpha value is -6.47. The fourth-order valence-electron chi connectivity index (χ4n) is 5.44. The highest BCUT2D eigenvalue weighted by molar-refractivity contribution is 5.96. The maximum absolute atomic E-state index is 4.92. The van der Waals surface area contributed by atoms with Gasteiger partial charge in [-0.3, -0.25) is 9.97 Å². The van der Waals surface area contributed by atoms with Crippen molar-refractivity contribution in [3.63, 3.8) is 0 Å². The molecule has 216 valence electrons. The van der Waals surface area contributed by atoms with Crippen molar-refractivity contribution in [2.45, 2.75) is 0 Å². The molecule has 0 N–H and O–H groups in total. The van der Waals surface area contributed by atoms with Crippen molar-refractivity contribution in [2.75, 3.05) is 0 Å². The summed E-state index contributed by atoms with van der Waals surface area (Å²) in [6.07, 6.45) is 3.51. The predicted molar refractivity (Wildman–Crippen MR) is 181 cm³/mol. The van der Waals surface area contributed by atoms with Crippen molar-refractivity contribution in [3.8, 4) is 68.3 Å². The summed E-state index contributed by atoms with van der Waals surface area (Å²) in [5, 5.41) is 2.41. The molecule has 0 unspecified atom stereocenters. The summed E-state index contributed by atoms with van der Waals surface area (Å²) in [6, 6.07) is 46.2. The highest BCUT2D eigenvalue weighted by Gasteiger charge is 2.16. The van der Waals surface area contributed by atoms with E-state index >= 15 is 0 Å². The van der Waals surface area contributed by atoms with Gasteiger partial charge in [-0.1, -0.05) is 91.0 Å². The highest BCUT2D eigenvalue weighted by atomic mass is 15.1. The number of nitrogens with zero attached hydrogens (tertiary/aromatic N) is 7. The first kappa shape index (κ1) is 27.1. The van der Waals surface area contributed by atoms with Gasteiger partial charge in [0.05, 0.1) is 22.8 Å². The molecule has 0 aliphatic heterocycles. The molecular formula is C39H25N7.